The van der Waals surface area contributed by atoms with Gasteiger partial charge in [-0.15, -0.1) is 12.4 Å². The Kier molecular flexibility index (Phi) is 11.9. The van der Waals surface area contributed by atoms with Crippen LogP contribution in [0.1, 0.15) is 6.92 Å². The molecule has 74 valence electrons. The first-order valence-corrected chi connectivity index (χ1v) is 2.80. The summed E-state index contributed by atoms with van der Waals surface area (Å²) >= 11 is 0. The minimum atomic E-state index is -1.07. The molecule has 0 radical (unpaired) electrons. The van der Waals surface area contributed by atoms with E-state index < -0.39 is 17.9 Å². The van der Waals surface area contributed by atoms with Crippen LogP contribution in [0.4, 0.5) is 0 Å². The van der Waals surface area contributed by atoms with Gasteiger partial charge in [-0.1, -0.05) is 0 Å². The zero-order valence-electron chi connectivity index (χ0n) is 6.53. The van der Waals surface area contributed by atoms with Crippen LogP contribution >= 0.6 is 12.4 Å². The second-order valence-corrected chi connectivity index (χ2v) is 1.83. The van der Waals surface area contributed by atoms with Gasteiger partial charge < -0.3 is 21.6 Å². The summed E-state index contributed by atoms with van der Waals surface area (Å²) in [7, 11) is 0. The van der Waals surface area contributed by atoms with Crippen molar-refractivity contribution in [1.82, 2.24) is 5.32 Å². The Hall–Kier alpha value is -0.850. The summed E-state index contributed by atoms with van der Waals surface area (Å²) in [5.41, 5.74) is 4.92. The van der Waals surface area contributed by atoms with E-state index in [-0.39, 0.29) is 24.4 Å². The molecule has 1 atom stereocenters. The topological polar surface area (TPSA) is 124 Å². The molecule has 0 aliphatic rings. The van der Waals surface area contributed by atoms with E-state index in [1.807, 2.05) is 0 Å². The molecule has 0 saturated heterocycles. The predicted molar refractivity (Wildman–Crippen MR) is 45.2 cm³/mol. The lowest BCUT2D eigenvalue weighted by atomic mass is 10.3. The van der Waals surface area contributed by atoms with Gasteiger partial charge in [0.15, 0.2) is 0 Å². The van der Waals surface area contributed by atoms with Crippen LogP contribution in [0.15, 0.2) is 0 Å². The highest BCUT2D eigenvalue weighted by atomic mass is 35.5. The van der Waals surface area contributed by atoms with E-state index in [2.05, 4.69) is 5.32 Å². The maximum Gasteiger partial charge on any atom is 0.325 e. The summed E-state index contributed by atoms with van der Waals surface area (Å²) in [6, 6.07) is -0.865. The number of carboxylic acids is 1. The third kappa shape index (κ3) is 7.26. The summed E-state index contributed by atoms with van der Waals surface area (Å²) in [6.07, 6.45) is 0. The van der Waals surface area contributed by atoms with Crippen molar-refractivity contribution in [3.8, 4) is 0 Å². The first-order valence-electron chi connectivity index (χ1n) is 2.80. The number of hydrogen-bond acceptors (Lipinski definition) is 3. The molecule has 0 aliphatic carbocycles. The van der Waals surface area contributed by atoms with Crippen LogP contribution in [-0.2, 0) is 9.59 Å². The van der Waals surface area contributed by atoms with E-state index in [9.17, 15) is 9.59 Å². The zero-order chi connectivity index (χ0) is 8.15. The molecule has 0 aliphatic heterocycles. The molecule has 0 aromatic carbocycles. The molecule has 0 bridgehead atoms. The highest BCUT2D eigenvalue weighted by Crippen LogP contribution is 1.78. The normalized spacial score (nSPS) is 10.2. The number of amides is 1. The van der Waals surface area contributed by atoms with Crippen LogP contribution in [-0.4, -0.2) is 35.0 Å². The van der Waals surface area contributed by atoms with Gasteiger partial charge >= 0.3 is 5.97 Å². The van der Waals surface area contributed by atoms with Crippen LogP contribution in [0.25, 0.3) is 0 Å². The molecule has 1 amide bonds. The number of halogens is 1. The van der Waals surface area contributed by atoms with Gasteiger partial charge in [0.25, 0.3) is 0 Å². The number of nitrogens with one attached hydrogen (secondary N) is 1. The lowest BCUT2D eigenvalue weighted by Gasteiger charge is -2.06. The molecule has 0 rings (SSSR count). The largest absolute Gasteiger partial charge is 0.480 e. The lowest BCUT2D eigenvalue weighted by Crippen LogP contribution is -2.41. The van der Waals surface area contributed by atoms with Crippen LogP contribution in [0.5, 0.6) is 0 Å². The Bertz CT molecular complexity index is 152. The summed E-state index contributed by atoms with van der Waals surface area (Å²) in [5.74, 6) is -1.53. The number of aliphatic carboxylic acids is 1. The van der Waals surface area contributed by atoms with Gasteiger partial charge in [0, 0.05) is 0 Å². The fraction of sp³-hybridized carbons (Fsp3) is 0.600. The number of rotatable bonds is 3. The Morgan fingerprint density at radius 2 is 2.00 bits per heavy atom. The Balaban J connectivity index is -0.000000405. The molecule has 0 aromatic rings. The fourth-order valence-corrected chi connectivity index (χ4v) is 0.362. The molecule has 0 saturated carbocycles. The third-order valence-corrected chi connectivity index (χ3v) is 0.933. The summed E-state index contributed by atoms with van der Waals surface area (Å²) in [6.45, 7) is 1.19. The monoisotopic (exact) mass is 200 g/mol. The molecule has 0 heterocycles. The Labute approximate surface area is 75.8 Å². The molecule has 6 nitrogen and oxygen atoms in total. The summed E-state index contributed by atoms with van der Waals surface area (Å²) in [4.78, 5) is 20.5. The molecule has 0 unspecified atom stereocenters. The number of carbonyl (C=O) groups is 2. The average molecular weight is 201 g/mol. The Morgan fingerprint density at radius 1 is 1.58 bits per heavy atom. The SMILES string of the molecule is C[C@H](NC(=O)CN)C(=O)O.Cl.O. The maximum atomic E-state index is 10.4. The van der Waals surface area contributed by atoms with E-state index in [1.165, 1.54) is 6.92 Å². The van der Waals surface area contributed by atoms with Gasteiger partial charge in [-0.2, -0.15) is 0 Å². The van der Waals surface area contributed by atoms with Gasteiger partial charge in [-0.3, -0.25) is 9.59 Å². The molecule has 6 N–H and O–H groups in total. The van der Waals surface area contributed by atoms with Crippen LogP contribution in [0.3, 0.4) is 0 Å². The van der Waals surface area contributed by atoms with Crippen molar-refractivity contribution in [1.29, 1.82) is 0 Å². The second kappa shape index (κ2) is 8.25. The Morgan fingerprint density at radius 3 is 2.25 bits per heavy atom. The molecular weight excluding hydrogens is 188 g/mol. The van der Waals surface area contributed by atoms with Gasteiger partial charge in [-0.05, 0) is 6.92 Å². The third-order valence-electron chi connectivity index (χ3n) is 0.933. The van der Waals surface area contributed by atoms with Crippen molar-refractivity contribution in [3.05, 3.63) is 0 Å². The van der Waals surface area contributed by atoms with E-state index in [1.54, 1.807) is 0 Å². The van der Waals surface area contributed by atoms with Crippen molar-refractivity contribution < 1.29 is 20.2 Å². The first-order chi connectivity index (χ1) is 4.57. The molecule has 7 heteroatoms. The quantitative estimate of drug-likeness (QED) is 0.494. The first kappa shape index (κ1) is 17.3. The van der Waals surface area contributed by atoms with Gasteiger partial charge in [0.05, 0.1) is 6.54 Å². The summed E-state index contributed by atoms with van der Waals surface area (Å²) < 4.78 is 0. The molecule has 0 aromatic heterocycles. The van der Waals surface area contributed by atoms with E-state index >= 15 is 0 Å². The minimum absolute atomic E-state index is 0. The van der Waals surface area contributed by atoms with E-state index in [4.69, 9.17) is 10.8 Å². The van der Waals surface area contributed by atoms with E-state index in [0.29, 0.717) is 0 Å². The van der Waals surface area contributed by atoms with Crippen molar-refractivity contribution in [2.24, 2.45) is 5.73 Å². The van der Waals surface area contributed by atoms with Crippen molar-refractivity contribution in [3.63, 3.8) is 0 Å². The zero-order valence-corrected chi connectivity index (χ0v) is 7.35. The fourth-order valence-electron chi connectivity index (χ4n) is 0.362. The number of nitrogens with two attached hydrogens (primary N) is 1. The molecule has 12 heavy (non-hydrogen) atoms. The highest BCUT2D eigenvalue weighted by molar-refractivity contribution is 5.85. The lowest BCUT2D eigenvalue weighted by molar-refractivity contribution is -0.141. The van der Waals surface area contributed by atoms with E-state index in [0.717, 1.165) is 0 Å². The maximum absolute atomic E-state index is 10.4. The average Bonchev–Trinajstić information content (AvgIpc) is 1.87. The van der Waals surface area contributed by atoms with Gasteiger partial charge in [0.1, 0.15) is 6.04 Å². The number of carboxylic acid groups (broad SMARTS) is 1. The number of hydrogen-bond donors (Lipinski definition) is 3. The van der Waals surface area contributed by atoms with Crippen LogP contribution < -0.4 is 11.1 Å². The summed E-state index contributed by atoms with van der Waals surface area (Å²) in [5, 5.41) is 10.4. The minimum Gasteiger partial charge on any atom is -0.480 e. The standard InChI is InChI=1S/C5H10N2O3.ClH.H2O/c1-3(5(9)10)7-4(8)2-6;;/h3H,2,6H2,1H3,(H,7,8)(H,9,10);1H;1H2/t3-;;/m0../s1. The van der Waals surface area contributed by atoms with Crippen LogP contribution in [0, 0.1) is 0 Å². The predicted octanol–water partition coefficient (Wildman–Crippen LogP) is -1.87. The number of carbonyl (C=O) groups excluding carboxylic acids is 1. The van der Waals surface area contributed by atoms with Crippen molar-refractivity contribution in [2.75, 3.05) is 6.54 Å². The second-order valence-electron chi connectivity index (χ2n) is 1.83. The smallest absolute Gasteiger partial charge is 0.325 e. The van der Waals surface area contributed by atoms with Crippen LogP contribution in [0.2, 0.25) is 0 Å². The molecule has 0 spiro atoms. The van der Waals surface area contributed by atoms with Crippen molar-refractivity contribution >= 4 is 24.3 Å². The molecular formula is C5H13ClN2O4. The highest BCUT2D eigenvalue weighted by Gasteiger charge is 2.11. The molecule has 0 fully saturated rings. The van der Waals surface area contributed by atoms with Gasteiger partial charge in [-0.25, -0.2) is 0 Å². The van der Waals surface area contributed by atoms with Gasteiger partial charge in [0.2, 0.25) is 5.91 Å². The van der Waals surface area contributed by atoms with Crippen molar-refractivity contribution in [2.45, 2.75) is 13.0 Å².